The van der Waals surface area contributed by atoms with Crippen molar-refractivity contribution in [3.05, 3.63) is 131 Å². The fourth-order valence-corrected chi connectivity index (χ4v) is 5.20. The van der Waals surface area contributed by atoms with Crippen LogP contribution >= 0.6 is 0 Å². The predicted octanol–water partition coefficient (Wildman–Crippen LogP) is 3.77. The average molecular weight is 557 g/mol. The summed E-state index contributed by atoms with van der Waals surface area (Å²) in [6, 6.07) is 36.4. The van der Waals surface area contributed by atoms with Crippen molar-refractivity contribution < 1.29 is 0 Å². The summed E-state index contributed by atoms with van der Waals surface area (Å²) >= 11 is 0. The van der Waals surface area contributed by atoms with Crippen molar-refractivity contribution in [2.75, 3.05) is 9.80 Å². The molecule has 2 aliphatic heterocycles. The Morgan fingerprint density at radius 1 is 0.476 bits per heavy atom. The molecule has 0 saturated carbocycles. The van der Waals surface area contributed by atoms with Gasteiger partial charge >= 0.3 is 0 Å². The Hall–Kier alpha value is -5.64. The molecule has 2 heterocycles. The van der Waals surface area contributed by atoms with E-state index in [1.165, 1.54) is 11.1 Å². The second-order valence-electron chi connectivity index (χ2n) is 10.1. The molecule has 0 spiro atoms. The minimum absolute atomic E-state index is 0.169. The lowest BCUT2D eigenvalue weighted by atomic mass is 10.0. The molecule has 0 saturated heterocycles. The van der Waals surface area contributed by atoms with Crippen LogP contribution in [-0.2, 0) is 12.8 Å². The molecule has 4 aromatic carbocycles. The number of guanidine groups is 4. The van der Waals surface area contributed by atoms with Gasteiger partial charge in [-0.1, -0.05) is 84.9 Å². The zero-order valence-electron chi connectivity index (χ0n) is 23.0. The van der Waals surface area contributed by atoms with Crippen LogP contribution in [0.1, 0.15) is 34.6 Å². The van der Waals surface area contributed by atoms with E-state index in [1.807, 2.05) is 94.7 Å². The Kier molecular flexibility index (Phi) is 7.25. The molecule has 210 valence electrons. The van der Waals surface area contributed by atoms with Crippen LogP contribution in [-0.4, -0.2) is 23.8 Å². The Balaban J connectivity index is 1.14. The molecule has 0 bridgehead atoms. The Labute approximate surface area is 244 Å². The van der Waals surface area contributed by atoms with Crippen LogP contribution in [0.5, 0.6) is 0 Å². The zero-order valence-corrected chi connectivity index (χ0v) is 23.0. The smallest absolute Gasteiger partial charge is 0.221 e. The first-order chi connectivity index (χ1) is 20.5. The van der Waals surface area contributed by atoms with Crippen LogP contribution in [0.3, 0.4) is 0 Å². The van der Waals surface area contributed by atoms with Crippen molar-refractivity contribution in [2.24, 2.45) is 42.9 Å². The van der Waals surface area contributed by atoms with Gasteiger partial charge in [0.2, 0.25) is 23.8 Å². The van der Waals surface area contributed by atoms with Crippen molar-refractivity contribution in [1.29, 1.82) is 0 Å². The molecule has 10 heteroatoms. The van der Waals surface area contributed by atoms with Gasteiger partial charge in [-0.3, -0.25) is 9.80 Å². The number of aryl methyl sites for hydroxylation is 2. The Morgan fingerprint density at radius 2 is 0.833 bits per heavy atom. The van der Waals surface area contributed by atoms with Crippen LogP contribution in [0.15, 0.2) is 129 Å². The molecule has 0 radical (unpaired) electrons. The predicted molar refractivity (Wildman–Crippen MR) is 170 cm³/mol. The van der Waals surface area contributed by atoms with Gasteiger partial charge in [-0.05, 0) is 59.4 Å². The Bertz CT molecular complexity index is 1530. The molecule has 0 aromatic heterocycles. The summed E-state index contributed by atoms with van der Waals surface area (Å²) in [5, 5.41) is 0. The van der Waals surface area contributed by atoms with Gasteiger partial charge in [-0.15, -0.1) is 0 Å². The van der Waals surface area contributed by atoms with Crippen molar-refractivity contribution in [2.45, 2.75) is 25.2 Å². The fraction of sp³-hybridized carbons (Fsp3) is 0.125. The van der Waals surface area contributed by atoms with Crippen molar-refractivity contribution in [3.8, 4) is 0 Å². The number of nitrogens with two attached hydrogens (primary N) is 4. The third-order valence-electron chi connectivity index (χ3n) is 7.28. The van der Waals surface area contributed by atoms with E-state index >= 15 is 0 Å². The summed E-state index contributed by atoms with van der Waals surface area (Å²) in [4.78, 5) is 21.3. The number of aliphatic imine (C=N–C) groups is 4. The maximum Gasteiger partial charge on any atom is 0.221 e. The lowest BCUT2D eigenvalue weighted by molar-refractivity contribution is 0.736. The van der Waals surface area contributed by atoms with Crippen LogP contribution in [0.4, 0.5) is 11.4 Å². The highest BCUT2D eigenvalue weighted by molar-refractivity contribution is 6.05. The summed E-state index contributed by atoms with van der Waals surface area (Å²) < 4.78 is 0. The molecule has 10 nitrogen and oxygen atoms in total. The highest BCUT2D eigenvalue weighted by Crippen LogP contribution is 2.32. The van der Waals surface area contributed by atoms with Gasteiger partial charge in [0.05, 0.1) is 0 Å². The van der Waals surface area contributed by atoms with Crippen LogP contribution < -0.4 is 32.7 Å². The summed E-state index contributed by atoms with van der Waals surface area (Å²) in [7, 11) is 0. The van der Waals surface area contributed by atoms with E-state index in [2.05, 4.69) is 44.2 Å². The topological polar surface area (TPSA) is 160 Å². The molecule has 2 atom stereocenters. The SMILES string of the molecule is NC1=NC(c2ccccc2)N(c2ccc(CCc3ccc(N4C(N)=NC(N)=NC4c4ccccc4)cc3)cc2)C(N)=N1. The first-order valence-electron chi connectivity index (χ1n) is 13.7. The van der Waals surface area contributed by atoms with E-state index in [1.54, 1.807) is 0 Å². The zero-order chi connectivity index (χ0) is 29.1. The first kappa shape index (κ1) is 26.6. The largest absolute Gasteiger partial charge is 0.369 e. The third-order valence-corrected chi connectivity index (χ3v) is 7.28. The molecule has 0 aliphatic carbocycles. The summed E-state index contributed by atoms with van der Waals surface area (Å²) in [5.74, 6) is 0.962. The highest BCUT2D eigenvalue weighted by atomic mass is 15.4. The first-order valence-corrected chi connectivity index (χ1v) is 13.7. The fourth-order valence-electron chi connectivity index (χ4n) is 5.20. The minimum atomic E-state index is -0.379. The summed E-state index contributed by atoms with van der Waals surface area (Å²) in [6.07, 6.45) is 0.986. The highest BCUT2D eigenvalue weighted by Gasteiger charge is 2.28. The third kappa shape index (κ3) is 5.50. The maximum absolute atomic E-state index is 6.31. The van der Waals surface area contributed by atoms with Gasteiger partial charge in [0.25, 0.3) is 0 Å². The lowest BCUT2D eigenvalue weighted by Gasteiger charge is -2.33. The minimum Gasteiger partial charge on any atom is -0.369 e. The van der Waals surface area contributed by atoms with Crippen molar-refractivity contribution in [3.63, 3.8) is 0 Å². The van der Waals surface area contributed by atoms with E-state index in [0.717, 1.165) is 35.3 Å². The van der Waals surface area contributed by atoms with E-state index in [0.29, 0.717) is 11.9 Å². The second-order valence-corrected chi connectivity index (χ2v) is 10.1. The molecule has 0 fully saturated rings. The molecule has 42 heavy (non-hydrogen) atoms. The standard InChI is InChI=1S/C32H32N10/c33-29-37-27(23-7-3-1-4-8-23)41(31(35)39-29)25-17-13-21(14-18-25)11-12-22-15-19-26(20-16-22)42-28(24-9-5-2-6-10-24)38-30(34)40-32(42)36/h1-10,13-20,27-28H,11-12H2,(H4,33,35,37,39)(H4,34,36,38,40). The molecule has 0 amide bonds. The molecule has 4 aromatic rings. The molecular formula is C32H32N10. The molecule has 6 rings (SSSR count). The van der Waals surface area contributed by atoms with Gasteiger partial charge in [0.15, 0.2) is 12.3 Å². The quantitative estimate of drug-likeness (QED) is 0.271. The van der Waals surface area contributed by atoms with E-state index in [9.17, 15) is 0 Å². The van der Waals surface area contributed by atoms with E-state index < -0.39 is 0 Å². The molecular weight excluding hydrogens is 524 g/mol. The second kappa shape index (κ2) is 11.5. The van der Waals surface area contributed by atoms with Crippen LogP contribution in [0.2, 0.25) is 0 Å². The molecule has 8 N–H and O–H groups in total. The maximum atomic E-state index is 6.31. The molecule has 2 unspecified atom stereocenters. The van der Waals surface area contributed by atoms with Gasteiger partial charge in [-0.25, -0.2) is 9.98 Å². The van der Waals surface area contributed by atoms with Crippen molar-refractivity contribution in [1.82, 2.24) is 0 Å². The monoisotopic (exact) mass is 556 g/mol. The Morgan fingerprint density at radius 3 is 1.19 bits per heavy atom. The number of rotatable bonds is 7. The number of benzene rings is 4. The summed E-state index contributed by atoms with van der Waals surface area (Å²) in [6.45, 7) is 0. The molecule has 2 aliphatic rings. The van der Waals surface area contributed by atoms with Crippen LogP contribution in [0.25, 0.3) is 0 Å². The van der Waals surface area contributed by atoms with E-state index in [-0.39, 0.29) is 24.3 Å². The number of anilines is 2. The van der Waals surface area contributed by atoms with Gasteiger partial charge in [-0.2, -0.15) is 9.98 Å². The van der Waals surface area contributed by atoms with Gasteiger partial charge in [0, 0.05) is 11.4 Å². The van der Waals surface area contributed by atoms with Crippen LogP contribution in [0, 0.1) is 0 Å². The summed E-state index contributed by atoms with van der Waals surface area (Å²) in [5.41, 5.74) is 30.7. The van der Waals surface area contributed by atoms with Gasteiger partial charge in [0.1, 0.15) is 0 Å². The normalized spacial score (nSPS) is 18.6. The number of hydrogen-bond donors (Lipinski definition) is 4. The lowest BCUT2D eigenvalue weighted by Crippen LogP contribution is -2.44. The van der Waals surface area contributed by atoms with Crippen molar-refractivity contribution >= 4 is 35.2 Å². The number of nitrogens with zero attached hydrogens (tertiary/aromatic N) is 6. The van der Waals surface area contributed by atoms with E-state index in [4.69, 9.17) is 22.9 Å². The average Bonchev–Trinajstić information content (AvgIpc) is 3.01. The van der Waals surface area contributed by atoms with Gasteiger partial charge < -0.3 is 22.9 Å². The number of hydrogen-bond acceptors (Lipinski definition) is 10.